The number of aliphatic carboxylic acids is 1. The van der Waals surface area contributed by atoms with Gasteiger partial charge in [0.25, 0.3) is 0 Å². The predicted octanol–water partition coefficient (Wildman–Crippen LogP) is 1.76. The zero-order chi connectivity index (χ0) is 20.1. The molecule has 1 aromatic rings. The first-order valence-corrected chi connectivity index (χ1v) is 8.37. The van der Waals surface area contributed by atoms with Gasteiger partial charge in [0.1, 0.15) is 12.1 Å². The highest BCUT2D eigenvalue weighted by Gasteiger charge is 2.39. The van der Waals surface area contributed by atoms with Crippen molar-refractivity contribution < 1.29 is 32.6 Å². The number of aromatic nitrogens is 2. The summed E-state index contributed by atoms with van der Waals surface area (Å²) < 4.78 is 36.9. The molecule has 2 aliphatic heterocycles. The molecule has 0 bridgehead atoms. The topological polar surface area (TPSA) is 105 Å². The molecular formula is C16H21F3N4O4. The Morgan fingerprint density at radius 1 is 1.33 bits per heavy atom. The lowest BCUT2D eigenvalue weighted by molar-refractivity contribution is -0.192. The van der Waals surface area contributed by atoms with Gasteiger partial charge in [-0.2, -0.15) is 13.2 Å². The Hall–Kier alpha value is -2.59. The van der Waals surface area contributed by atoms with E-state index in [9.17, 15) is 18.0 Å². The second-order valence-corrected chi connectivity index (χ2v) is 6.43. The highest BCUT2D eigenvalue weighted by Crippen LogP contribution is 2.31. The molecule has 2 fully saturated rings. The summed E-state index contributed by atoms with van der Waals surface area (Å²) in [7, 11) is 1.60. The third-order valence-electron chi connectivity index (χ3n) is 4.44. The van der Waals surface area contributed by atoms with E-state index in [0.717, 1.165) is 44.6 Å². The van der Waals surface area contributed by atoms with Crippen LogP contribution in [0.3, 0.4) is 0 Å². The van der Waals surface area contributed by atoms with Crippen LogP contribution in [0.4, 0.5) is 19.0 Å². The summed E-state index contributed by atoms with van der Waals surface area (Å²) in [6.45, 7) is 1.77. The third-order valence-corrected chi connectivity index (χ3v) is 4.44. The molecule has 1 atom stereocenters. The van der Waals surface area contributed by atoms with E-state index in [1.807, 2.05) is 6.07 Å². The minimum atomic E-state index is -5.08. The quantitative estimate of drug-likeness (QED) is 0.793. The molecule has 11 heteroatoms. The number of amides is 1. The first-order valence-electron chi connectivity index (χ1n) is 8.37. The molecule has 1 spiro atoms. The Morgan fingerprint density at radius 2 is 2.00 bits per heavy atom. The molecule has 1 amide bonds. The van der Waals surface area contributed by atoms with Gasteiger partial charge in [0.05, 0.1) is 12.6 Å². The maximum atomic E-state index is 11.7. The van der Waals surface area contributed by atoms with Gasteiger partial charge in [0.15, 0.2) is 0 Å². The SMILES string of the molecule is COc1cc(N2CCCC3(CCCC(=O)N3)C2)ncn1.O=C(O)C(F)(F)F. The minimum absolute atomic E-state index is 0.0776. The number of nitrogens with zero attached hydrogens (tertiary/aromatic N) is 3. The second kappa shape index (κ2) is 8.40. The summed E-state index contributed by atoms with van der Waals surface area (Å²) in [4.78, 5) is 31.2. The number of carboxylic acids is 1. The Bertz CT molecular complexity index is 682. The largest absolute Gasteiger partial charge is 0.490 e. The number of piperidine rings is 2. The maximum Gasteiger partial charge on any atom is 0.490 e. The van der Waals surface area contributed by atoms with E-state index >= 15 is 0 Å². The minimum Gasteiger partial charge on any atom is -0.481 e. The lowest BCUT2D eigenvalue weighted by atomic mass is 9.81. The van der Waals surface area contributed by atoms with Crippen molar-refractivity contribution in [2.75, 3.05) is 25.1 Å². The number of ether oxygens (including phenoxy) is 1. The summed E-state index contributed by atoms with van der Waals surface area (Å²) in [5, 5.41) is 10.3. The number of halogens is 3. The van der Waals surface area contributed by atoms with Crippen LogP contribution in [-0.2, 0) is 9.59 Å². The normalized spacial score (nSPS) is 22.5. The van der Waals surface area contributed by atoms with Crippen LogP contribution in [0.2, 0.25) is 0 Å². The van der Waals surface area contributed by atoms with Crippen LogP contribution in [0, 0.1) is 0 Å². The fourth-order valence-electron chi connectivity index (χ4n) is 3.26. The Kier molecular flexibility index (Phi) is 6.45. The summed E-state index contributed by atoms with van der Waals surface area (Å²) >= 11 is 0. The fourth-order valence-corrected chi connectivity index (χ4v) is 3.26. The number of carbonyl (C=O) groups is 2. The number of hydrogen-bond donors (Lipinski definition) is 2. The van der Waals surface area contributed by atoms with Gasteiger partial charge in [-0.15, -0.1) is 0 Å². The highest BCUT2D eigenvalue weighted by atomic mass is 19.4. The number of nitrogens with one attached hydrogen (secondary N) is 1. The molecule has 0 aliphatic carbocycles. The van der Waals surface area contributed by atoms with E-state index in [2.05, 4.69) is 20.2 Å². The third kappa shape index (κ3) is 5.69. The first-order chi connectivity index (χ1) is 12.6. The van der Waals surface area contributed by atoms with Crippen molar-refractivity contribution >= 4 is 17.7 Å². The summed E-state index contributed by atoms with van der Waals surface area (Å²) in [5.41, 5.74) is -0.0776. The molecule has 27 heavy (non-hydrogen) atoms. The van der Waals surface area contributed by atoms with Crippen molar-refractivity contribution in [1.29, 1.82) is 0 Å². The van der Waals surface area contributed by atoms with Gasteiger partial charge in [0.2, 0.25) is 11.8 Å². The summed E-state index contributed by atoms with van der Waals surface area (Å²) in [6.07, 6.45) is 1.24. The average molecular weight is 390 g/mol. The zero-order valence-corrected chi connectivity index (χ0v) is 14.8. The number of rotatable bonds is 2. The molecular weight excluding hydrogens is 369 g/mol. The monoisotopic (exact) mass is 390 g/mol. The molecule has 2 aliphatic rings. The van der Waals surface area contributed by atoms with Crippen LogP contribution >= 0.6 is 0 Å². The fraction of sp³-hybridized carbons (Fsp3) is 0.625. The van der Waals surface area contributed by atoms with E-state index in [-0.39, 0.29) is 11.4 Å². The van der Waals surface area contributed by atoms with E-state index in [0.29, 0.717) is 12.3 Å². The van der Waals surface area contributed by atoms with Gasteiger partial charge in [-0.05, 0) is 25.7 Å². The van der Waals surface area contributed by atoms with Gasteiger partial charge in [-0.3, -0.25) is 4.79 Å². The van der Waals surface area contributed by atoms with Gasteiger partial charge in [-0.1, -0.05) is 0 Å². The van der Waals surface area contributed by atoms with Crippen molar-refractivity contribution in [3.8, 4) is 5.88 Å². The van der Waals surface area contributed by atoms with E-state index in [1.54, 1.807) is 7.11 Å². The molecule has 0 radical (unpaired) electrons. The lowest BCUT2D eigenvalue weighted by Crippen LogP contribution is -2.60. The number of alkyl halides is 3. The summed E-state index contributed by atoms with van der Waals surface area (Å²) in [6, 6.07) is 1.85. The highest BCUT2D eigenvalue weighted by molar-refractivity contribution is 5.77. The molecule has 0 aromatic carbocycles. The van der Waals surface area contributed by atoms with Crippen LogP contribution in [-0.4, -0.2) is 58.9 Å². The van der Waals surface area contributed by atoms with E-state index in [4.69, 9.17) is 14.6 Å². The molecule has 3 rings (SSSR count). The molecule has 1 aromatic heterocycles. The van der Waals surface area contributed by atoms with Crippen LogP contribution in [0.25, 0.3) is 0 Å². The van der Waals surface area contributed by atoms with Crippen LogP contribution in [0.1, 0.15) is 32.1 Å². The summed E-state index contributed by atoms with van der Waals surface area (Å²) in [5.74, 6) is -1.14. The molecule has 8 nitrogen and oxygen atoms in total. The van der Waals surface area contributed by atoms with Gasteiger partial charge >= 0.3 is 12.1 Å². The Morgan fingerprint density at radius 3 is 2.59 bits per heavy atom. The van der Waals surface area contributed by atoms with E-state index < -0.39 is 12.1 Å². The molecule has 2 saturated heterocycles. The van der Waals surface area contributed by atoms with Gasteiger partial charge < -0.3 is 20.1 Å². The lowest BCUT2D eigenvalue weighted by Gasteiger charge is -2.45. The van der Waals surface area contributed by atoms with Crippen molar-refractivity contribution in [3.05, 3.63) is 12.4 Å². The smallest absolute Gasteiger partial charge is 0.481 e. The molecule has 1 unspecified atom stereocenters. The van der Waals surface area contributed by atoms with Crippen molar-refractivity contribution in [2.45, 2.75) is 43.8 Å². The Balaban J connectivity index is 0.000000321. The van der Waals surface area contributed by atoms with Crippen molar-refractivity contribution in [2.24, 2.45) is 0 Å². The second-order valence-electron chi connectivity index (χ2n) is 6.43. The standard InChI is InChI=1S/C14H20N4O2.C2HF3O2/c1-20-13-8-11(15-10-16-13)18-7-3-6-14(9-18)5-2-4-12(19)17-14;3-2(4,5)1(6)7/h8,10H,2-7,9H2,1H3,(H,17,19);(H,6,7). The van der Waals surface area contributed by atoms with E-state index in [1.165, 1.54) is 6.33 Å². The molecule has 0 saturated carbocycles. The van der Waals surface area contributed by atoms with Gasteiger partial charge in [0, 0.05) is 25.6 Å². The van der Waals surface area contributed by atoms with Crippen molar-refractivity contribution in [3.63, 3.8) is 0 Å². The van der Waals surface area contributed by atoms with Crippen LogP contribution < -0.4 is 15.0 Å². The van der Waals surface area contributed by atoms with Crippen LogP contribution in [0.5, 0.6) is 5.88 Å². The Labute approximate surface area is 153 Å². The first kappa shape index (κ1) is 20.7. The number of carboxylic acid groups (broad SMARTS) is 1. The zero-order valence-electron chi connectivity index (χ0n) is 14.8. The van der Waals surface area contributed by atoms with Crippen LogP contribution in [0.15, 0.2) is 12.4 Å². The van der Waals surface area contributed by atoms with Crippen molar-refractivity contribution in [1.82, 2.24) is 15.3 Å². The number of carbonyl (C=O) groups excluding carboxylic acids is 1. The number of methoxy groups -OCH3 is 1. The molecule has 2 N–H and O–H groups in total. The number of anilines is 1. The average Bonchev–Trinajstić information content (AvgIpc) is 2.61. The maximum absolute atomic E-state index is 11.7. The number of hydrogen-bond acceptors (Lipinski definition) is 6. The van der Waals surface area contributed by atoms with Gasteiger partial charge in [-0.25, -0.2) is 14.8 Å². The molecule has 3 heterocycles. The predicted molar refractivity (Wildman–Crippen MR) is 88.4 cm³/mol. The molecule has 150 valence electrons.